The maximum atomic E-state index is 12.9. The minimum Gasteiger partial charge on any atom is -0.755 e. The van der Waals surface area contributed by atoms with Gasteiger partial charge in [0.2, 0.25) is 5.88 Å². The van der Waals surface area contributed by atoms with Gasteiger partial charge in [-0.25, -0.2) is 9.79 Å². The van der Waals surface area contributed by atoms with Crippen LogP contribution in [-0.4, -0.2) is 69.3 Å². The van der Waals surface area contributed by atoms with Crippen molar-refractivity contribution in [3.8, 4) is 5.75 Å². The summed E-state index contributed by atoms with van der Waals surface area (Å²) in [5.41, 5.74) is -0.603. The molecular weight excluding hydrogens is 517 g/mol. The molecular formula is C23H28F3N4O6S-. The molecule has 0 bridgehead atoms. The van der Waals surface area contributed by atoms with Gasteiger partial charge in [0.1, 0.15) is 0 Å². The molecule has 1 heterocycles. The summed E-state index contributed by atoms with van der Waals surface area (Å²) in [4.78, 5) is 32.5. The van der Waals surface area contributed by atoms with Crippen molar-refractivity contribution in [3.05, 3.63) is 35.7 Å². The predicted octanol–water partition coefficient (Wildman–Crippen LogP) is 4.20. The van der Waals surface area contributed by atoms with E-state index in [4.69, 9.17) is 4.74 Å². The normalized spacial score (nSPS) is 18.6. The SMILES string of the molecule is CC=N/C(=C\C1CCCCC1)OC(=O)N1CCN(C(=O)c2ccc(NS(=O)[O-])c(OC(F)(F)F)c2)CC1. The van der Waals surface area contributed by atoms with Crippen LogP contribution in [0.15, 0.2) is 35.2 Å². The molecule has 2 fully saturated rings. The van der Waals surface area contributed by atoms with Gasteiger partial charge >= 0.3 is 12.5 Å². The number of aliphatic imine (C=N–C) groups is 1. The van der Waals surface area contributed by atoms with Crippen molar-refractivity contribution in [3.63, 3.8) is 0 Å². The van der Waals surface area contributed by atoms with Crippen LogP contribution in [0.1, 0.15) is 49.4 Å². The molecule has 0 radical (unpaired) electrons. The maximum Gasteiger partial charge on any atom is 0.573 e. The molecule has 1 aromatic carbocycles. The van der Waals surface area contributed by atoms with E-state index in [-0.39, 0.29) is 37.6 Å². The molecule has 37 heavy (non-hydrogen) atoms. The molecule has 1 N–H and O–H groups in total. The predicted molar refractivity (Wildman–Crippen MR) is 128 cm³/mol. The molecule has 1 saturated heterocycles. The summed E-state index contributed by atoms with van der Waals surface area (Å²) in [5.74, 6) is -0.916. The zero-order valence-electron chi connectivity index (χ0n) is 20.2. The van der Waals surface area contributed by atoms with E-state index in [0.29, 0.717) is 5.92 Å². The molecule has 10 nitrogen and oxygen atoms in total. The first-order valence-electron chi connectivity index (χ1n) is 11.8. The summed E-state index contributed by atoms with van der Waals surface area (Å²) >= 11 is -2.90. The van der Waals surface area contributed by atoms with Crippen LogP contribution >= 0.6 is 0 Å². The van der Waals surface area contributed by atoms with Crippen LogP contribution in [0.25, 0.3) is 0 Å². The Kier molecular flexibility index (Phi) is 9.92. The molecule has 2 aliphatic rings. The lowest BCUT2D eigenvalue weighted by Crippen LogP contribution is -2.50. The highest BCUT2D eigenvalue weighted by Gasteiger charge is 2.33. The van der Waals surface area contributed by atoms with E-state index in [2.05, 4.69) is 9.73 Å². The largest absolute Gasteiger partial charge is 0.755 e. The fourth-order valence-electron chi connectivity index (χ4n) is 4.20. The summed E-state index contributed by atoms with van der Waals surface area (Å²) in [6, 6.07) is 3.01. The second-order valence-corrected chi connectivity index (χ2v) is 9.21. The second-order valence-electron chi connectivity index (χ2n) is 8.53. The van der Waals surface area contributed by atoms with Gasteiger partial charge in [0.05, 0.1) is 5.69 Å². The number of benzene rings is 1. The summed E-state index contributed by atoms with van der Waals surface area (Å²) in [6.45, 7) is 2.26. The van der Waals surface area contributed by atoms with E-state index in [1.807, 2.05) is 6.08 Å². The molecule has 1 aromatic rings. The average molecular weight is 546 g/mol. The molecule has 3 rings (SSSR count). The van der Waals surface area contributed by atoms with Crippen molar-refractivity contribution in [1.29, 1.82) is 0 Å². The lowest BCUT2D eigenvalue weighted by Gasteiger charge is -2.34. The average Bonchev–Trinajstić information content (AvgIpc) is 2.84. The van der Waals surface area contributed by atoms with Crippen LogP contribution < -0.4 is 9.46 Å². The van der Waals surface area contributed by atoms with E-state index >= 15 is 0 Å². The summed E-state index contributed by atoms with van der Waals surface area (Å²) in [7, 11) is 0. The number of carbonyl (C=O) groups is 2. The van der Waals surface area contributed by atoms with Gasteiger partial charge in [0, 0.05) is 49.2 Å². The first-order valence-corrected chi connectivity index (χ1v) is 12.9. The Morgan fingerprint density at radius 2 is 1.78 bits per heavy atom. The maximum absolute atomic E-state index is 12.9. The van der Waals surface area contributed by atoms with E-state index in [1.165, 1.54) is 22.3 Å². The first-order chi connectivity index (χ1) is 17.6. The monoisotopic (exact) mass is 545 g/mol. The van der Waals surface area contributed by atoms with Gasteiger partial charge in [-0.05, 0) is 50.0 Å². The highest BCUT2D eigenvalue weighted by atomic mass is 32.2. The first kappa shape index (κ1) is 28.4. The summed E-state index contributed by atoms with van der Waals surface area (Å²) in [5, 5.41) is 0. The third-order valence-electron chi connectivity index (χ3n) is 5.95. The van der Waals surface area contributed by atoms with Gasteiger partial charge < -0.3 is 28.5 Å². The number of allylic oxidation sites excluding steroid dienone is 1. The number of piperazine rings is 1. The fourth-order valence-corrected chi connectivity index (χ4v) is 4.55. The molecule has 1 atom stereocenters. The smallest absolute Gasteiger partial charge is 0.573 e. The number of amides is 2. The molecule has 2 amide bonds. The molecule has 0 aromatic heterocycles. The van der Waals surface area contributed by atoms with Crippen LogP contribution in [0.2, 0.25) is 0 Å². The van der Waals surface area contributed by atoms with Crippen LogP contribution in [-0.2, 0) is 16.0 Å². The van der Waals surface area contributed by atoms with Gasteiger partial charge in [0.25, 0.3) is 5.91 Å². The highest BCUT2D eigenvalue weighted by Crippen LogP contribution is 2.32. The Morgan fingerprint density at radius 1 is 1.14 bits per heavy atom. The molecule has 1 aliphatic carbocycles. The zero-order chi connectivity index (χ0) is 27.0. The molecule has 1 saturated carbocycles. The topological polar surface area (TPSA) is 124 Å². The van der Waals surface area contributed by atoms with Crippen LogP contribution in [0.3, 0.4) is 0 Å². The number of hydrogen-bond acceptors (Lipinski definition) is 7. The third-order valence-corrected chi connectivity index (χ3v) is 6.34. The van der Waals surface area contributed by atoms with E-state index in [1.54, 1.807) is 17.9 Å². The Labute approximate surface area is 214 Å². The van der Waals surface area contributed by atoms with Crippen molar-refractivity contribution in [1.82, 2.24) is 9.80 Å². The van der Waals surface area contributed by atoms with Gasteiger partial charge in [-0.3, -0.25) is 9.00 Å². The lowest BCUT2D eigenvalue weighted by atomic mass is 9.89. The molecule has 1 unspecified atom stereocenters. The molecule has 1 aliphatic heterocycles. The van der Waals surface area contributed by atoms with Crippen LogP contribution in [0.5, 0.6) is 5.75 Å². The van der Waals surface area contributed by atoms with E-state index < -0.39 is 41.1 Å². The Balaban J connectivity index is 1.62. The van der Waals surface area contributed by atoms with Gasteiger partial charge in [-0.2, -0.15) is 0 Å². The van der Waals surface area contributed by atoms with Crippen LogP contribution in [0.4, 0.5) is 23.7 Å². The number of hydrogen-bond donors (Lipinski definition) is 1. The summed E-state index contributed by atoms with van der Waals surface area (Å²) < 4.78 is 71.2. The minimum atomic E-state index is -5.10. The van der Waals surface area contributed by atoms with Crippen molar-refractivity contribution < 1.29 is 41.0 Å². The Morgan fingerprint density at radius 3 is 2.38 bits per heavy atom. The van der Waals surface area contributed by atoms with Gasteiger partial charge in [-0.15, -0.1) is 13.2 Å². The molecule has 204 valence electrons. The van der Waals surface area contributed by atoms with E-state index in [9.17, 15) is 31.5 Å². The highest BCUT2D eigenvalue weighted by molar-refractivity contribution is 7.80. The van der Waals surface area contributed by atoms with Crippen molar-refractivity contribution >= 4 is 35.2 Å². The fraction of sp³-hybridized carbons (Fsp3) is 0.522. The Bertz CT molecular complexity index is 1050. The second kappa shape index (κ2) is 12.9. The van der Waals surface area contributed by atoms with Crippen molar-refractivity contribution in [2.45, 2.75) is 45.4 Å². The van der Waals surface area contributed by atoms with E-state index in [0.717, 1.165) is 37.8 Å². The van der Waals surface area contributed by atoms with Gasteiger partial charge in [-0.1, -0.05) is 19.3 Å². The number of carbonyl (C=O) groups excluding carboxylic acids is 2. The summed E-state index contributed by atoms with van der Waals surface area (Å²) in [6.07, 6.45) is 3.19. The minimum absolute atomic E-state index is 0.118. The Hall–Kier alpha value is -3.13. The van der Waals surface area contributed by atoms with Crippen molar-refractivity contribution in [2.75, 3.05) is 30.9 Å². The number of alkyl halides is 3. The standard InChI is InChI=1S/C23H29F3N4O6S/c1-2-27-20(14-16-6-4-3-5-7-16)35-22(32)30-12-10-29(11-13-30)21(31)17-8-9-18(28-37(33)34)19(15-17)36-23(24,25)26/h2,8-9,14-16,28H,3-7,10-13H2,1H3,(H,33,34)/p-1/b20-14+,27-2?. The zero-order valence-corrected chi connectivity index (χ0v) is 21.0. The van der Waals surface area contributed by atoms with Crippen molar-refractivity contribution in [2.24, 2.45) is 10.9 Å². The number of rotatable bonds is 7. The molecule has 14 heteroatoms. The number of nitrogens with zero attached hydrogens (tertiary/aromatic N) is 3. The lowest BCUT2D eigenvalue weighted by molar-refractivity contribution is -0.274. The van der Waals surface area contributed by atoms with Crippen LogP contribution in [0, 0.1) is 5.92 Å². The third kappa shape index (κ3) is 8.74. The number of anilines is 1. The number of ether oxygens (including phenoxy) is 2. The quantitative estimate of drug-likeness (QED) is 0.311. The van der Waals surface area contributed by atoms with Gasteiger partial charge in [0.15, 0.2) is 5.75 Å². The number of halogens is 3. The molecule has 0 spiro atoms. The number of nitrogens with one attached hydrogen (secondary N) is 1.